The van der Waals surface area contributed by atoms with Crippen LogP contribution in [0.3, 0.4) is 0 Å². The van der Waals surface area contributed by atoms with Crippen LogP contribution in [0.5, 0.6) is 0 Å². The maximum atomic E-state index is 12.6. The lowest BCUT2D eigenvalue weighted by Gasteiger charge is -2.09. The Balaban J connectivity index is 2.11. The molecule has 0 unspecified atom stereocenters. The Bertz CT molecular complexity index is 763. The zero-order valence-corrected chi connectivity index (χ0v) is 12.2. The molecule has 1 amide bonds. The van der Waals surface area contributed by atoms with Crippen molar-refractivity contribution in [3.8, 4) is 6.07 Å². The molecule has 0 saturated heterocycles. The number of carbonyl (C=O) groups is 1. The first kappa shape index (κ1) is 16.5. The lowest BCUT2D eigenvalue weighted by Crippen LogP contribution is -2.15. The number of benzene rings is 1. The van der Waals surface area contributed by atoms with E-state index in [4.69, 9.17) is 5.26 Å². The van der Waals surface area contributed by atoms with Gasteiger partial charge in [0.05, 0.1) is 5.56 Å². The van der Waals surface area contributed by atoms with Gasteiger partial charge in [0.2, 0.25) is 0 Å². The Morgan fingerprint density at radius 2 is 2.17 bits per heavy atom. The molecule has 0 spiro atoms. The van der Waals surface area contributed by atoms with Crippen molar-refractivity contribution in [2.45, 2.75) is 6.18 Å². The molecule has 0 saturated carbocycles. The monoisotopic (exact) mass is 338 g/mol. The minimum Gasteiger partial charge on any atom is -0.337 e. The second-order valence-electron chi connectivity index (χ2n) is 4.18. The molecule has 9 heteroatoms. The topological polar surface area (TPSA) is 77.8 Å². The highest BCUT2D eigenvalue weighted by Crippen LogP contribution is 2.30. The van der Waals surface area contributed by atoms with Crippen molar-refractivity contribution in [3.05, 3.63) is 53.2 Å². The molecule has 0 fully saturated rings. The standard InChI is InChI=1S/C14H9F3N4OS/c15-14(16,17)10-2-1-3-11(6-10)21-12(22)9(7-18)8-20-13-19-4-5-23-13/h1-6,8H,(H,19,20)(H,21,22)/b9-8-. The van der Waals surface area contributed by atoms with E-state index in [0.717, 1.165) is 18.3 Å². The first-order valence-corrected chi connectivity index (χ1v) is 7.03. The zero-order valence-electron chi connectivity index (χ0n) is 11.4. The van der Waals surface area contributed by atoms with Gasteiger partial charge in [-0.1, -0.05) is 6.07 Å². The van der Waals surface area contributed by atoms with Crippen molar-refractivity contribution in [3.63, 3.8) is 0 Å². The maximum absolute atomic E-state index is 12.6. The predicted octanol–water partition coefficient (Wildman–Crippen LogP) is 3.62. The number of nitrogens with one attached hydrogen (secondary N) is 2. The van der Waals surface area contributed by atoms with Crippen LogP contribution in [0.15, 0.2) is 47.6 Å². The minimum absolute atomic E-state index is 0.0553. The first-order valence-electron chi connectivity index (χ1n) is 6.15. The first-order chi connectivity index (χ1) is 10.9. The summed E-state index contributed by atoms with van der Waals surface area (Å²) in [4.78, 5) is 15.8. The van der Waals surface area contributed by atoms with Crippen LogP contribution in [-0.2, 0) is 11.0 Å². The molecule has 2 N–H and O–H groups in total. The van der Waals surface area contributed by atoms with Crippen molar-refractivity contribution in [2.24, 2.45) is 0 Å². The molecular weight excluding hydrogens is 329 g/mol. The number of anilines is 2. The number of nitrogens with zero attached hydrogens (tertiary/aromatic N) is 2. The van der Waals surface area contributed by atoms with Gasteiger partial charge >= 0.3 is 6.18 Å². The molecule has 1 aromatic heterocycles. The lowest BCUT2D eigenvalue weighted by molar-refractivity contribution is -0.137. The Labute approximate surface area is 133 Å². The van der Waals surface area contributed by atoms with E-state index < -0.39 is 17.6 Å². The van der Waals surface area contributed by atoms with Gasteiger partial charge in [0, 0.05) is 23.5 Å². The van der Waals surface area contributed by atoms with E-state index in [1.165, 1.54) is 29.7 Å². The van der Waals surface area contributed by atoms with Gasteiger partial charge in [-0.25, -0.2) is 4.98 Å². The van der Waals surface area contributed by atoms with E-state index in [1.807, 2.05) is 0 Å². The van der Waals surface area contributed by atoms with Gasteiger partial charge in [0.1, 0.15) is 11.6 Å². The van der Waals surface area contributed by atoms with Crippen LogP contribution in [0.25, 0.3) is 0 Å². The molecule has 0 aliphatic heterocycles. The van der Waals surface area contributed by atoms with Crippen LogP contribution >= 0.6 is 11.3 Å². The van der Waals surface area contributed by atoms with Crippen molar-refractivity contribution in [1.82, 2.24) is 4.98 Å². The third-order valence-corrected chi connectivity index (χ3v) is 3.29. The van der Waals surface area contributed by atoms with Gasteiger partial charge in [-0.05, 0) is 18.2 Å². The highest BCUT2D eigenvalue weighted by molar-refractivity contribution is 7.13. The summed E-state index contributed by atoms with van der Waals surface area (Å²) < 4.78 is 37.8. The normalized spacial score (nSPS) is 11.7. The van der Waals surface area contributed by atoms with Crippen molar-refractivity contribution < 1.29 is 18.0 Å². The van der Waals surface area contributed by atoms with E-state index in [1.54, 1.807) is 11.4 Å². The van der Waals surface area contributed by atoms with E-state index in [-0.39, 0.29) is 11.3 Å². The summed E-state index contributed by atoms with van der Waals surface area (Å²) in [7, 11) is 0. The predicted molar refractivity (Wildman–Crippen MR) is 79.5 cm³/mol. The van der Waals surface area contributed by atoms with Gasteiger partial charge in [0.25, 0.3) is 5.91 Å². The second-order valence-corrected chi connectivity index (χ2v) is 5.08. The molecule has 5 nitrogen and oxygen atoms in total. The van der Waals surface area contributed by atoms with Crippen molar-refractivity contribution in [1.29, 1.82) is 5.26 Å². The Morgan fingerprint density at radius 3 is 2.78 bits per heavy atom. The number of halogens is 3. The number of aromatic nitrogens is 1. The largest absolute Gasteiger partial charge is 0.416 e. The quantitative estimate of drug-likeness (QED) is 0.659. The molecule has 0 radical (unpaired) electrons. The average molecular weight is 338 g/mol. The van der Waals surface area contributed by atoms with Crippen molar-refractivity contribution in [2.75, 3.05) is 10.6 Å². The third-order valence-electron chi connectivity index (χ3n) is 2.59. The lowest BCUT2D eigenvalue weighted by atomic mass is 10.2. The van der Waals surface area contributed by atoms with Crippen LogP contribution < -0.4 is 10.6 Å². The zero-order chi connectivity index (χ0) is 16.9. The van der Waals surface area contributed by atoms with Gasteiger partial charge in [-0.2, -0.15) is 18.4 Å². The Morgan fingerprint density at radius 1 is 1.39 bits per heavy atom. The molecule has 0 aliphatic rings. The summed E-state index contributed by atoms with van der Waals surface area (Å²) in [5, 5.41) is 16.1. The summed E-state index contributed by atoms with van der Waals surface area (Å²) in [5.41, 5.74) is -1.24. The van der Waals surface area contributed by atoms with Gasteiger partial charge in [-0.15, -0.1) is 11.3 Å². The number of hydrogen-bond donors (Lipinski definition) is 2. The van der Waals surface area contributed by atoms with Crippen LogP contribution in [0.4, 0.5) is 24.0 Å². The van der Waals surface area contributed by atoms with Crippen LogP contribution in [0.2, 0.25) is 0 Å². The summed E-state index contributed by atoms with van der Waals surface area (Å²) in [5.74, 6) is -0.823. The molecule has 1 aromatic carbocycles. The molecule has 23 heavy (non-hydrogen) atoms. The van der Waals surface area contributed by atoms with E-state index in [0.29, 0.717) is 5.13 Å². The molecule has 2 rings (SSSR count). The minimum atomic E-state index is -4.51. The number of thiazole rings is 1. The van der Waals surface area contributed by atoms with E-state index in [2.05, 4.69) is 15.6 Å². The van der Waals surface area contributed by atoms with Crippen LogP contribution in [0.1, 0.15) is 5.56 Å². The number of carbonyl (C=O) groups excluding carboxylic acids is 1. The molecule has 2 aromatic rings. The van der Waals surface area contributed by atoms with E-state index in [9.17, 15) is 18.0 Å². The van der Waals surface area contributed by atoms with Gasteiger partial charge < -0.3 is 10.6 Å². The highest BCUT2D eigenvalue weighted by atomic mass is 32.1. The summed E-state index contributed by atoms with van der Waals surface area (Å²) >= 11 is 1.26. The van der Waals surface area contributed by atoms with Crippen LogP contribution in [0, 0.1) is 11.3 Å². The average Bonchev–Trinajstić information content (AvgIpc) is 3.00. The molecule has 0 bridgehead atoms. The number of nitriles is 1. The maximum Gasteiger partial charge on any atom is 0.416 e. The molecule has 1 heterocycles. The highest BCUT2D eigenvalue weighted by Gasteiger charge is 2.30. The van der Waals surface area contributed by atoms with Gasteiger partial charge in [0.15, 0.2) is 5.13 Å². The fourth-order valence-electron chi connectivity index (χ4n) is 1.55. The fourth-order valence-corrected chi connectivity index (χ4v) is 2.05. The number of hydrogen-bond acceptors (Lipinski definition) is 5. The van der Waals surface area contributed by atoms with Crippen LogP contribution in [-0.4, -0.2) is 10.9 Å². The summed E-state index contributed by atoms with van der Waals surface area (Å²) in [6.07, 6.45) is -1.83. The van der Waals surface area contributed by atoms with Gasteiger partial charge in [-0.3, -0.25) is 4.79 Å². The summed E-state index contributed by atoms with van der Waals surface area (Å²) in [6, 6.07) is 5.82. The third kappa shape index (κ3) is 4.55. The molecule has 0 atom stereocenters. The molecule has 118 valence electrons. The Kier molecular flexibility index (Phi) is 4.98. The summed E-state index contributed by atoms with van der Waals surface area (Å²) in [6.45, 7) is 0. The Hall–Kier alpha value is -2.86. The number of amides is 1. The second kappa shape index (κ2) is 6.93. The van der Waals surface area contributed by atoms with E-state index >= 15 is 0 Å². The number of rotatable bonds is 4. The molecule has 0 aliphatic carbocycles. The number of alkyl halides is 3. The fraction of sp³-hybridized carbons (Fsp3) is 0.0714. The van der Waals surface area contributed by atoms with Crippen molar-refractivity contribution >= 4 is 28.1 Å². The SMILES string of the molecule is N#C/C(=C/Nc1nccs1)C(=O)Nc1cccc(C(F)(F)F)c1. The smallest absolute Gasteiger partial charge is 0.337 e. The molecular formula is C14H9F3N4OS.